The minimum atomic E-state index is -0.522. The highest BCUT2D eigenvalue weighted by Crippen LogP contribution is 2.24. The highest BCUT2D eigenvalue weighted by Gasteiger charge is 2.18. The van der Waals surface area contributed by atoms with Crippen molar-refractivity contribution in [2.45, 2.75) is 25.7 Å². The van der Waals surface area contributed by atoms with E-state index < -0.39 is 5.82 Å². The van der Waals surface area contributed by atoms with Crippen molar-refractivity contribution >= 4 is 11.6 Å². The third-order valence-corrected chi connectivity index (χ3v) is 3.43. The molecule has 0 heterocycles. The van der Waals surface area contributed by atoms with Crippen molar-refractivity contribution in [3.8, 4) is 0 Å². The van der Waals surface area contributed by atoms with Gasteiger partial charge < -0.3 is 10.7 Å². The molecule has 2 rings (SSSR count). The van der Waals surface area contributed by atoms with Crippen molar-refractivity contribution in [2.75, 3.05) is 12.0 Å². The second-order valence-corrected chi connectivity index (χ2v) is 4.67. The normalized spacial score (nSPS) is 15.7. The summed E-state index contributed by atoms with van der Waals surface area (Å²) < 4.78 is 13.4. The lowest BCUT2D eigenvalue weighted by Crippen LogP contribution is -2.29. The molecule has 0 saturated heterocycles. The number of nitrogens with one attached hydrogen (secondary N) is 2. The van der Waals surface area contributed by atoms with Gasteiger partial charge in [0.2, 0.25) is 0 Å². The van der Waals surface area contributed by atoms with Crippen molar-refractivity contribution in [3.05, 3.63) is 29.6 Å². The number of hydrogen-bond acceptors (Lipinski definition) is 3. The summed E-state index contributed by atoms with van der Waals surface area (Å²) in [4.78, 5) is 12.0. The molecule has 0 aliphatic heterocycles. The van der Waals surface area contributed by atoms with Crippen molar-refractivity contribution in [1.82, 2.24) is 5.32 Å². The monoisotopic (exact) mass is 251 g/mol. The van der Waals surface area contributed by atoms with E-state index in [2.05, 4.69) is 10.7 Å². The van der Waals surface area contributed by atoms with Crippen LogP contribution in [-0.4, -0.2) is 12.5 Å². The van der Waals surface area contributed by atoms with Crippen molar-refractivity contribution in [2.24, 2.45) is 11.8 Å². The number of hydrogen-bond donors (Lipinski definition) is 3. The first kappa shape index (κ1) is 12.8. The second kappa shape index (κ2) is 5.82. The van der Waals surface area contributed by atoms with Gasteiger partial charge in [0.05, 0.1) is 11.3 Å². The molecule has 4 N–H and O–H groups in total. The zero-order valence-corrected chi connectivity index (χ0v) is 10.2. The number of nitrogen functional groups attached to an aromatic ring is 1. The number of rotatable bonds is 4. The van der Waals surface area contributed by atoms with Gasteiger partial charge in [-0.2, -0.15) is 0 Å². The minimum Gasteiger partial charge on any atom is -0.352 e. The standard InChI is InChI=1S/C13H18FN3O/c14-11-7-3-6-10(12(11)17-15)13(18)16-8-9-4-1-2-5-9/h3,6-7,9,17H,1-2,4-5,8,15H2,(H,16,18). The molecule has 1 amide bonds. The Kier molecular flexibility index (Phi) is 4.15. The first-order valence-corrected chi connectivity index (χ1v) is 6.25. The fourth-order valence-electron chi connectivity index (χ4n) is 2.41. The van der Waals surface area contributed by atoms with Crippen LogP contribution in [-0.2, 0) is 0 Å². The number of halogens is 1. The molecule has 5 heteroatoms. The summed E-state index contributed by atoms with van der Waals surface area (Å²) in [5, 5.41) is 2.84. The Hall–Kier alpha value is -1.62. The minimum absolute atomic E-state index is 0.0430. The molecule has 1 aliphatic rings. The molecule has 98 valence electrons. The van der Waals surface area contributed by atoms with Gasteiger partial charge in [0.1, 0.15) is 5.82 Å². The van der Waals surface area contributed by atoms with Gasteiger partial charge in [0.15, 0.2) is 0 Å². The highest BCUT2D eigenvalue weighted by atomic mass is 19.1. The van der Waals surface area contributed by atoms with Crippen molar-refractivity contribution in [1.29, 1.82) is 0 Å². The summed E-state index contributed by atoms with van der Waals surface area (Å²) in [5.74, 6) is 4.98. The van der Waals surface area contributed by atoms with E-state index in [-0.39, 0.29) is 17.2 Å². The SMILES string of the molecule is NNc1c(F)cccc1C(=O)NCC1CCCC1. The zero-order valence-electron chi connectivity index (χ0n) is 10.2. The molecule has 0 aromatic heterocycles. The van der Waals surface area contributed by atoms with Gasteiger partial charge in [0, 0.05) is 6.54 Å². The van der Waals surface area contributed by atoms with Crippen LogP contribution in [0.25, 0.3) is 0 Å². The summed E-state index contributed by atoms with van der Waals surface area (Å²) in [7, 11) is 0. The lowest BCUT2D eigenvalue weighted by atomic mass is 10.1. The Morgan fingerprint density at radius 2 is 2.11 bits per heavy atom. The molecule has 1 saturated carbocycles. The molecule has 0 unspecified atom stereocenters. The van der Waals surface area contributed by atoms with Crippen LogP contribution in [0.2, 0.25) is 0 Å². The molecule has 1 aromatic carbocycles. The first-order valence-electron chi connectivity index (χ1n) is 6.25. The maximum Gasteiger partial charge on any atom is 0.253 e. The number of anilines is 1. The largest absolute Gasteiger partial charge is 0.352 e. The number of nitrogens with two attached hydrogens (primary N) is 1. The molecule has 18 heavy (non-hydrogen) atoms. The Morgan fingerprint density at radius 3 is 2.78 bits per heavy atom. The molecule has 1 aliphatic carbocycles. The molecule has 0 radical (unpaired) electrons. The number of benzene rings is 1. The summed E-state index contributed by atoms with van der Waals surface area (Å²) in [6, 6.07) is 4.33. The van der Waals surface area contributed by atoms with E-state index >= 15 is 0 Å². The lowest BCUT2D eigenvalue weighted by molar-refractivity contribution is 0.0948. The van der Waals surface area contributed by atoms with Gasteiger partial charge >= 0.3 is 0 Å². The number of para-hydroxylation sites is 1. The summed E-state index contributed by atoms with van der Waals surface area (Å²) in [6.45, 7) is 0.652. The van der Waals surface area contributed by atoms with Crippen LogP contribution in [0.1, 0.15) is 36.0 Å². The van der Waals surface area contributed by atoms with E-state index in [0.29, 0.717) is 12.5 Å². The molecule has 1 aromatic rings. The van der Waals surface area contributed by atoms with Crippen molar-refractivity contribution < 1.29 is 9.18 Å². The van der Waals surface area contributed by atoms with Crippen LogP contribution in [0.3, 0.4) is 0 Å². The van der Waals surface area contributed by atoms with Gasteiger partial charge in [-0.15, -0.1) is 0 Å². The smallest absolute Gasteiger partial charge is 0.253 e. The predicted octanol–water partition coefficient (Wildman–Crippen LogP) is 2.03. The molecule has 0 bridgehead atoms. The van der Waals surface area contributed by atoms with Gasteiger partial charge in [-0.05, 0) is 30.9 Å². The van der Waals surface area contributed by atoms with E-state index in [0.717, 1.165) is 12.8 Å². The van der Waals surface area contributed by atoms with E-state index in [1.807, 2.05) is 0 Å². The van der Waals surface area contributed by atoms with Gasteiger partial charge in [-0.3, -0.25) is 10.6 Å². The maximum absolute atomic E-state index is 13.4. The topological polar surface area (TPSA) is 67.1 Å². The highest BCUT2D eigenvalue weighted by molar-refractivity contribution is 5.99. The van der Waals surface area contributed by atoms with Crippen LogP contribution in [0, 0.1) is 11.7 Å². The van der Waals surface area contributed by atoms with Crippen LogP contribution in [0.5, 0.6) is 0 Å². The fraction of sp³-hybridized carbons (Fsp3) is 0.462. The van der Waals surface area contributed by atoms with E-state index in [9.17, 15) is 9.18 Å². The molecule has 1 fully saturated rings. The third kappa shape index (κ3) is 2.79. The average Bonchev–Trinajstić information content (AvgIpc) is 2.88. The number of hydrazine groups is 1. The van der Waals surface area contributed by atoms with Crippen molar-refractivity contribution in [3.63, 3.8) is 0 Å². The molecule has 0 spiro atoms. The second-order valence-electron chi connectivity index (χ2n) is 4.67. The van der Waals surface area contributed by atoms with Crippen LogP contribution in [0.15, 0.2) is 18.2 Å². The van der Waals surface area contributed by atoms with E-state index in [1.165, 1.54) is 25.0 Å². The summed E-state index contributed by atoms with van der Waals surface area (Å²) in [5.41, 5.74) is 2.53. The van der Waals surface area contributed by atoms with Crippen LogP contribution in [0.4, 0.5) is 10.1 Å². The number of carbonyl (C=O) groups excluding carboxylic acids is 1. The molecule has 0 atom stereocenters. The van der Waals surface area contributed by atoms with Gasteiger partial charge in [-0.25, -0.2) is 4.39 Å². The summed E-state index contributed by atoms with van der Waals surface area (Å²) in [6.07, 6.45) is 4.78. The predicted molar refractivity (Wildman–Crippen MR) is 68.5 cm³/mol. The first-order chi connectivity index (χ1) is 8.72. The lowest BCUT2D eigenvalue weighted by Gasteiger charge is -2.13. The Morgan fingerprint density at radius 1 is 1.39 bits per heavy atom. The van der Waals surface area contributed by atoms with Crippen LogP contribution >= 0.6 is 0 Å². The maximum atomic E-state index is 13.4. The number of carbonyl (C=O) groups is 1. The average molecular weight is 251 g/mol. The quantitative estimate of drug-likeness (QED) is 0.566. The molecular weight excluding hydrogens is 233 g/mol. The Bertz CT molecular complexity index is 430. The van der Waals surface area contributed by atoms with Gasteiger partial charge in [0.25, 0.3) is 5.91 Å². The third-order valence-electron chi connectivity index (χ3n) is 3.43. The van der Waals surface area contributed by atoms with Gasteiger partial charge in [-0.1, -0.05) is 18.9 Å². The summed E-state index contributed by atoms with van der Waals surface area (Å²) >= 11 is 0. The Labute approximate surface area is 106 Å². The van der Waals surface area contributed by atoms with E-state index in [4.69, 9.17) is 5.84 Å². The Balaban J connectivity index is 2.01. The zero-order chi connectivity index (χ0) is 13.0. The molecule has 4 nitrogen and oxygen atoms in total. The molecular formula is C13H18FN3O. The number of amides is 1. The van der Waals surface area contributed by atoms with Crippen LogP contribution < -0.4 is 16.6 Å². The van der Waals surface area contributed by atoms with E-state index in [1.54, 1.807) is 6.07 Å². The fourth-order valence-corrected chi connectivity index (χ4v) is 2.41.